The number of benzene rings is 1. The van der Waals surface area contributed by atoms with Gasteiger partial charge < -0.3 is 20.1 Å². The highest BCUT2D eigenvalue weighted by Crippen LogP contribution is 2.24. The fourth-order valence-electron chi connectivity index (χ4n) is 2.64. The molecule has 0 spiro atoms. The van der Waals surface area contributed by atoms with Crippen molar-refractivity contribution in [1.29, 1.82) is 0 Å². The summed E-state index contributed by atoms with van der Waals surface area (Å²) in [6, 6.07) is 9.44. The fourth-order valence-corrected chi connectivity index (χ4v) is 2.64. The van der Waals surface area contributed by atoms with Gasteiger partial charge in [0.25, 0.3) is 0 Å². The maximum absolute atomic E-state index is 12.2. The molecular weight excluding hydrogens is 268 g/mol. The average Bonchev–Trinajstić information content (AvgIpc) is 2.81. The van der Waals surface area contributed by atoms with Crippen LogP contribution in [0.3, 0.4) is 0 Å². The van der Waals surface area contributed by atoms with E-state index in [1.807, 2.05) is 30.3 Å². The van der Waals surface area contributed by atoms with E-state index in [9.17, 15) is 4.79 Å². The molecule has 1 aliphatic rings. The summed E-state index contributed by atoms with van der Waals surface area (Å²) in [7, 11) is 1.38. The molecule has 0 radical (unpaired) electrons. The standard InChI is InChI=1S/C16H24N2O3/c1-20-15(19)16(17,14-6-3-2-4-7-14)8-10-18-9-5-12-21-13-11-18/h2-4,6-7H,5,8-13,17H2,1H3. The number of carbonyl (C=O) groups excluding carboxylic acids is 1. The summed E-state index contributed by atoms with van der Waals surface area (Å²) >= 11 is 0. The van der Waals surface area contributed by atoms with Crippen LogP contribution in [0.15, 0.2) is 30.3 Å². The van der Waals surface area contributed by atoms with Gasteiger partial charge in [-0.25, -0.2) is 4.79 Å². The molecule has 1 aromatic carbocycles. The molecule has 5 heteroatoms. The van der Waals surface area contributed by atoms with E-state index in [0.717, 1.165) is 44.8 Å². The molecule has 0 aromatic heterocycles. The number of esters is 1. The minimum absolute atomic E-state index is 0.389. The van der Waals surface area contributed by atoms with E-state index in [4.69, 9.17) is 15.2 Å². The summed E-state index contributed by atoms with van der Waals surface area (Å²) in [5.74, 6) is -0.389. The van der Waals surface area contributed by atoms with Gasteiger partial charge in [-0.2, -0.15) is 0 Å². The summed E-state index contributed by atoms with van der Waals surface area (Å²) in [4.78, 5) is 14.5. The van der Waals surface area contributed by atoms with Crippen LogP contribution in [-0.2, 0) is 19.8 Å². The lowest BCUT2D eigenvalue weighted by Gasteiger charge is -2.30. The van der Waals surface area contributed by atoms with Crippen molar-refractivity contribution in [2.45, 2.75) is 18.4 Å². The highest BCUT2D eigenvalue weighted by molar-refractivity contribution is 5.82. The number of hydrogen-bond donors (Lipinski definition) is 1. The number of nitrogens with zero attached hydrogens (tertiary/aromatic N) is 1. The zero-order valence-electron chi connectivity index (χ0n) is 12.6. The van der Waals surface area contributed by atoms with Crippen molar-refractivity contribution in [3.05, 3.63) is 35.9 Å². The monoisotopic (exact) mass is 292 g/mol. The Balaban J connectivity index is 2.08. The van der Waals surface area contributed by atoms with Crippen LogP contribution in [0.1, 0.15) is 18.4 Å². The first-order valence-corrected chi connectivity index (χ1v) is 7.40. The van der Waals surface area contributed by atoms with Crippen molar-refractivity contribution in [2.24, 2.45) is 5.73 Å². The lowest BCUT2D eigenvalue weighted by molar-refractivity contribution is -0.148. The number of carbonyl (C=O) groups is 1. The molecule has 1 saturated heterocycles. The molecule has 0 amide bonds. The number of methoxy groups -OCH3 is 1. The quantitative estimate of drug-likeness (QED) is 0.824. The van der Waals surface area contributed by atoms with Crippen LogP contribution < -0.4 is 5.73 Å². The van der Waals surface area contributed by atoms with Crippen molar-refractivity contribution in [2.75, 3.05) is 40.0 Å². The normalized spacial score (nSPS) is 19.5. The highest BCUT2D eigenvalue weighted by Gasteiger charge is 2.37. The van der Waals surface area contributed by atoms with Gasteiger partial charge in [-0.3, -0.25) is 0 Å². The van der Waals surface area contributed by atoms with E-state index in [-0.39, 0.29) is 5.97 Å². The molecule has 1 aromatic rings. The van der Waals surface area contributed by atoms with Crippen LogP contribution in [0.25, 0.3) is 0 Å². The summed E-state index contributed by atoms with van der Waals surface area (Å²) in [6.07, 6.45) is 1.55. The Morgan fingerprint density at radius 1 is 1.33 bits per heavy atom. The Labute approximate surface area is 126 Å². The predicted octanol–water partition coefficient (Wildman–Crippen LogP) is 1.13. The van der Waals surface area contributed by atoms with Gasteiger partial charge >= 0.3 is 5.97 Å². The molecule has 2 N–H and O–H groups in total. The van der Waals surface area contributed by atoms with E-state index in [2.05, 4.69) is 4.90 Å². The van der Waals surface area contributed by atoms with Crippen molar-refractivity contribution in [3.63, 3.8) is 0 Å². The summed E-state index contributed by atoms with van der Waals surface area (Å²) < 4.78 is 10.4. The summed E-state index contributed by atoms with van der Waals surface area (Å²) in [5.41, 5.74) is 6.10. The molecular formula is C16H24N2O3. The van der Waals surface area contributed by atoms with Gasteiger partial charge in [0.15, 0.2) is 0 Å². The Bertz CT molecular complexity index is 444. The smallest absolute Gasteiger partial charge is 0.330 e. The Hall–Kier alpha value is -1.43. The lowest BCUT2D eigenvalue weighted by Crippen LogP contribution is -2.48. The van der Waals surface area contributed by atoms with Gasteiger partial charge in [0.05, 0.1) is 13.7 Å². The number of nitrogens with two attached hydrogens (primary N) is 1. The molecule has 0 bridgehead atoms. The molecule has 116 valence electrons. The van der Waals surface area contributed by atoms with Crippen LogP contribution in [-0.4, -0.2) is 50.8 Å². The molecule has 5 nitrogen and oxygen atoms in total. The minimum Gasteiger partial charge on any atom is -0.467 e. The van der Waals surface area contributed by atoms with Crippen LogP contribution in [0.4, 0.5) is 0 Å². The first-order chi connectivity index (χ1) is 10.2. The molecule has 1 unspecified atom stereocenters. The molecule has 0 saturated carbocycles. The van der Waals surface area contributed by atoms with Gasteiger partial charge in [-0.15, -0.1) is 0 Å². The average molecular weight is 292 g/mol. The summed E-state index contributed by atoms with van der Waals surface area (Å²) in [5, 5.41) is 0. The van der Waals surface area contributed by atoms with Crippen molar-refractivity contribution >= 4 is 5.97 Å². The third kappa shape index (κ3) is 4.03. The maximum atomic E-state index is 12.2. The first-order valence-electron chi connectivity index (χ1n) is 7.40. The second-order valence-electron chi connectivity index (χ2n) is 5.39. The van der Waals surface area contributed by atoms with Crippen molar-refractivity contribution in [1.82, 2.24) is 4.90 Å². The third-order valence-corrected chi connectivity index (χ3v) is 3.98. The number of ether oxygens (including phenoxy) is 2. The van der Waals surface area contributed by atoms with Gasteiger partial charge in [0, 0.05) is 26.2 Å². The molecule has 1 fully saturated rings. The van der Waals surface area contributed by atoms with Crippen LogP contribution >= 0.6 is 0 Å². The van der Waals surface area contributed by atoms with E-state index >= 15 is 0 Å². The molecule has 1 heterocycles. The second-order valence-corrected chi connectivity index (χ2v) is 5.39. The zero-order chi connectivity index (χ0) is 15.1. The van der Waals surface area contributed by atoms with E-state index in [0.29, 0.717) is 6.42 Å². The van der Waals surface area contributed by atoms with Crippen LogP contribution in [0.5, 0.6) is 0 Å². The topological polar surface area (TPSA) is 64.8 Å². The van der Waals surface area contributed by atoms with Crippen LogP contribution in [0.2, 0.25) is 0 Å². The maximum Gasteiger partial charge on any atom is 0.330 e. The lowest BCUT2D eigenvalue weighted by atomic mass is 9.87. The number of hydrogen-bond acceptors (Lipinski definition) is 5. The minimum atomic E-state index is -1.09. The van der Waals surface area contributed by atoms with Crippen LogP contribution in [0, 0.1) is 0 Å². The third-order valence-electron chi connectivity index (χ3n) is 3.98. The zero-order valence-corrected chi connectivity index (χ0v) is 12.6. The Morgan fingerprint density at radius 3 is 2.81 bits per heavy atom. The molecule has 1 atom stereocenters. The number of rotatable bonds is 5. The van der Waals surface area contributed by atoms with E-state index in [1.54, 1.807) is 0 Å². The summed E-state index contributed by atoms with van der Waals surface area (Å²) in [6.45, 7) is 4.16. The molecule has 0 aliphatic carbocycles. The molecule has 1 aliphatic heterocycles. The Kier molecular flexibility index (Phi) is 5.73. The first kappa shape index (κ1) is 15.9. The molecule has 2 rings (SSSR count). The SMILES string of the molecule is COC(=O)C(N)(CCN1CCCOCC1)c1ccccc1. The highest BCUT2D eigenvalue weighted by atomic mass is 16.5. The van der Waals surface area contributed by atoms with Gasteiger partial charge in [-0.05, 0) is 18.4 Å². The predicted molar refractivity (Wildman–Crippen MR) is 80.8 cm³/mol. The van der Waals surface area contributed by atoms with Crippen molar-refractivity contribution < 1.29 is 14.3 Å². The van der Waals surface area contributed by atoms with E-state index in [1.165, 1.54) is 7.11 Å². The Morgan fingerprint density at radius 2 is 2.10 bits per heavy atom. The van der Waals surface area contributed by atoms with Gasteiger partial charge in [-0.1, -0.05) is 30.3 Å². The van der Waals surface area contributed by atoms with Crippen molar-refractivity contribution in [3.8, 4) is 0 Å². The largest absolute Gasteiger partial charge is 0.467 e. The molecule has 21 heavy (non-hydrogen) atoms. The van der Waals surface area contributed by atoms with Gasteiger partial charge in [0.1, 0.15) is 5.54 Å². The van der Waals surface area contributed by atoms with Gasteiger partial charge in [0.2, 0.25) is 0 Å². The fraction of sp³-hybridized carbons (Fsp3) is 0.562. The van der Waals surface area contributed by atoms with E-state index < -0.39 is 5.54 Å². The second kappa shape index (κ2) is 7.54.